The quantitative estimate of drug-likeness (QED) is 0.777. The topological polar surface area (TPSA) is 46.6 Å². The fourth-order valence-electron chi connectivity index (χ4n) is 1.67. The molecule has 116 valence electrons. The van der Waals surface area contributed by atoms with Gasteiger partial charge in [-0.25, -0.2) is 4.79 Å². The van der Waals surface area contributed by atoms with Crippen LogP contribution in [-0.2, 0) is 15.1 Å². The molecule has 6 heteroatoms. The zero-order chi connectivity index (χ0) is 16.4. The second kappa shape index (κ2) is 6.24. The summed E-state index contributed by atoms with van der Waals surface area (Å²) in [6.45, 7) is 6.89. The summed E-state index contributed by atoms with van der Waals surface area (Å²) in [4.78, 5) is 25.0. The van der Waals surface area contributed by atoms with Gasteiger partial charge < -0.3 is 9.53 Å². The lowest BCUT2D eigenvalue weighted by atomic mass is 9.92. The first-order chi connectivity index (χ1) is 9.51. The minimum Gasteiger partial charge on any atom is -0.444 e. The highest BCUT2D eigenvalue weighted by atomic mass is 35.5. The number of nitrogens with zero attached hydrogens (tertiary/aromatic N) is 1. The average Bonchev–Trinajstić information content (AvgIpc) is 2.38. The van der Waals surface area contributed by atoms with Gasteiger partial charge in [-0.3, -0.25) is 4.90 Å². The largest absolute Gasteiger partial charge is 0.444 e. The molecule has 1 aromatic rings. The monoisotopic (exact) mass is 331 g/mol. The number of carbonyl (C=O) groups is 2. The molecule has 0 N–H and O–H groups in total. The van der Waals surface area contributed by atoms with Crippen molar-refractivity contribution in [2.45, 2.75) is 38.8 Å². The van der Waals surface area contributed by atoms with Crippen LogP contribution in [0.5, 0.6) is 0 Å². The highest BCUT2D eigenvalue weighted by Crippen LogP contribution is 2.31. The van der Waals surface area contributed by atoms with E-state index in [2.05, 4.69) is 0 Å². The normalized spacial score (nSPS) is 14.2. The molecule has 0 fully saturated rings. The van der Waals surface area contributed by atoms with Crippen LogP contribution in [0.2, 0.25) is 10.0 Å². The first-order valence-corrected chi connectivity index (χ1v) is 7.15. The lowest BCUT2D eigenvalue weighted by Crippen LogP contribution is -2.48. The number of carbonyl (C=O) groups excluding carboxylic acids is 2. The maximum atomic E-state index is 12.2. The van der Waals surface area contributed by atoms with Gasteiger partial charge in [0.05, 0.1) is 10.0 Å². The van der Waals surface area contributed by atoms with Gasteiger partial charge in [0.25, 0.3) is 0 Å². The van der Waals surface area contributed by atoms with Crippen molar-refractivity contribution in [2.24, 2.45) is 0 Å². The summed E-state index contributed by atoms with van der Waals surface area (Å²) in [5.41, 5.74) is -1.29. The molecule has 1 amide bonds. The van der Waals surface area contributed by atoms with E-state index < -0.39 is 17.2 Å². The first-order valence-electron chi connectivity index (χ1n) is 6.40. The second-order valence-electron chi connectivity index (χ2n) is 5.93. The number of benzene rings is 1. The van der Waals surface area contributed by atoms with Gasteiger partial charge in [0.1, 0.15) is 17.4 Å². The number of hydrogen-bond donors (Lipinski definition) is 0. The molecule has 1 unspecified atom stereocenters. The SMILES string of the molecule is CN(C(=O)OC(C)(C)C)C(C)(C=O)c1ccc(Cl)c(Cl)c1. The number of hydrogen-bond acceptors (Lipinski definition) is 3. The molecule has 0 radical (unpaired) electrons. The van der Waals surface area contributed by atoms with E-state index in [-0.39, 0.29) is 0 Å². The Hall–Kier alpha value is -1.26. The van der Waals surface area contributed by atoms with Crippen LogP contribution in [-0.4, -0.2) is 29.9 Å². The Kier molecular flexibility index (Phi) is 5.29. The van der Waals surface area contributed by atoms with E-state index in [1.54, 1.807) is 45.9 Å². The number of aldehydes is 1. The van der Waals surface area contributed by atoms with Crippen molar-refractivity contribution in [1.82, 2.24) is 4.90 Å². The second-order valence-corrected chi connectivity index (χ2v) is 6.75. The molecule has 0 saturated heterocycles. The minimum absolute atomic E-state index is 0.319. The van der Waals surface area contributed by atoms with Crippen LogP contribution in [0.4, 0.5) is 4.79 Å². The maximum Gasteiger partial charge on any atom is 0.411 e. The summed E-state index contributed by atoms with van der Waals surface area (Å²) in [7, 11) is 1.50. The van der Waals surface area contributed by atoms with E-state index in [0.717, 1.165) is 0 Å². The summed E-state index contributed by atoms with van der Waals surface area (Å²) >= 11 is 11.9. The molecule has 21 heavy (non-hydrogen) atoms. The van der Waals surface area contributed by atoms with Gasteiger partial charge in [-0.15, -0.1) is 0 Å². The molecule has 0 spiro atoms. The third-order valence-corrected chi connectivity index (χ3v) is 3.84. The summed E-state index contributed by atoms with van der Waals surface area (Å²) in [5.74, 6) is 0. The summed E-state index contributed by atoms with van der Waals surface area (Å²) in [6, 6.07) is 4.81. The molecule has 0 bridgehead atoms. The van der Waals surface area contributed by atoms with Gasteiger partial charge in [-0.1, -0.05) is 29.3 Å². The van der Waals surface area contributed by atoms with Crippen LogP contribution < -0.4 is 0 Å². The van der Waals surface area contributed by atoms with Crippen molar-refractivity contribution in [1.29, 1.82) is 0 Å². The Morgan fingerprint density at radius 2 is 1.76 bits per heavy atom. The highest BCUT2D eigenvalue weighted by Gasteiger charge is 2.37. The Balaban J connectivity index is 3.16. The number of rotatable bonds is 3. The number of likely N-dealkylation sites (N-methyl/N-ethyl adjacent to an activating group) is 1. The van der Waals surface area contributed by atoms with E-state index in [1.165, 1.54) is 11.9 Å². The van der Waals surface area contributed by atoms with Gasteiger partial charge in [-0.2, -0.15) is 0 Å². The van der Waals surface area contributed by atoms with Gasteiger partial charge in [0, 0.05) is 7.05 Å². The van der Waals surface area contributed by atoms with Crippen molar-refractivity contribution >= 4 is 35.6 Å². The van der Waals surface area contributed by atoms with E-state index >= 15 is 0 Å². The smallest absolute Gasteiger partial charge is 0.411 e. The molecule has 1 atom stereocenters. The van der Waals surface area contributed by atoms with Crippen LogP contribution in [0.25, 0.3) is 0 Å². The molecule has 0 aliphatic rings. The number of amides is 1. The molecule has 1 aromatic carbocycles. The molecule has 1 rings (SSSR count). The molecule has 4 nitrogen and oxygen atoms in total. The van der Waals surface area contributed by atoms with Crippen LogP contribution in [0.1, 0.15) is 33.3 Å². The summed E-state index contributed by atoms with van der Waals surface area (Å²) in [5, 5.41) is 0.702. The molecule has 0 heterocycles. The van der Waals surface area contributed by atoms with Crippen molar-refractivity contribution < 1.29 is 14.3 Å². The van der Waals surface area contributed by atoms with Crippen molar-refractivity contribution in [3.05, 3.63) is 33.8 Å². The number of halogens is 2. The molecular formula is C15H19Cl2NO3. The first kappa shape index (κ1) is 17.8. The van der Waals surface area contributed by atoms with Crippen molar-refractivity contribution in [3.8, 4) is 0 Å². The maximum absolute atomic E-state index is 12.2. The van der Waals surface area contributed by atoms with E-state index in [1.807, 2.05) is 0 Å². The predicted molar refractivity (Wildman–Crippen MR) is 83.9 cm³/mol. The molecule has 0 aromatic heterocycles. The van der Waals surface area contributed by atoms with Crippen LogP contribution in [0.3, 0.4) is 0 Å². The third kappa shape index (κ3) is 4.11. The van der Waals surface area contributed by atoms with Gasteiger partial charge >= 0.3 is 6.09 Å². The standard InChI is InChI=1S/C15H19Cl2NO3/c1-14(2,3)21-13(20)18(5)15(4,9-19)10-6-7-11(16)12(17)8-10/h6-9H,1-5H3. The van der Waals surface area contributed by atoms with Crippen molar-refractivity contribution in [2.75, 3.05) is 7.05 Å². The Morgan fingerprint density at radius 1 is 1.19 bits per heavy atom. The van der Waals surface area contributed by atoms with Crippen molar-refractivity contribution in [3.63, 3.8) is 0 Å². The molecule has 0 aliphatic heterocycles. The Bertz CT molecular complexity index is 554. The molecule has 0 saturated carbocycles. The Labute approximate surface area is 135 Å². The van der Waals surface area contributed by atoms with Gasteiger partial charge in [0.15, 0.2) is 0 Å². The van der Waals surface area contributed by atoms with Gasteiger partial charge in [0.2, 0.25) is 0 Å². The number of ether oxygens (including phenoxy) is 1. The summed E-state index contributed by atoms with van der Waals surface area (Å²) < 4.78 is 5.29. The predicted octanol–water partition coefficient (Wildman–Crippen LogP) is 4.27. The summed E-state index contributed by atoms with van der Waals surface area (Å²) in [6.07, 6.45) is 0.0828. The van der Waals surface area contributed by atoms with E-state index in [9.17, 15) is 9.59 Å². The van der Waals surface area contributed by atoms with Crippen LogP contribution in [0, 0.1) is 0 Å². The highest BCUT2D eigenvalue weighted by molar-refractivity contribution is 6.42. The fraction of sp³-hybridized carbons (Fsp3) is 0.467. The van der Waals surface area contributed by atoms with E-state index in [0.29, 0.717) is 21.9 Å². The van der Waals surface area contributed by atoms with Crippen LogP contribution in [0.15, 0.2) is 18.2 Å². The zero-order valence-corrected chi connectivity index (χ0v) is 14.2. The third-order valence-electron chi connectivity index (χ3n) is 3.10. The van der Waals surface area contributed by atoms with E-state index in [4.69, 9.17) is 27.9 Å². The Morgan fingerprint density at radius 3 is 2.19 bits per heavy atom. The molecule has 0 aliphatic carbocycles. The lowest BCUT2D eigenvalue weighted by Gasteiger charge is -2.35. The fourth-order valence-corrected chi connectivity index (χ4v) is 1.97. The lowest BCUT2D eigenvalue weighted by molar-refractivity contribution is -0.117. The molecular weight excluding hydrogens is 313 g/mol. The minimum atomic E-state index is -1.20. The van der Waals surface area contributed by atoms with Gasteiger partial charge in [-0.05, 0) is 45.4 Å². The van der Waals surface area contributed by atoms with Crippen LogP contribution >= 0.6 is 23.2 Å². The zero-order valence-electron chi connectivity index (χ0n) is 12.7. The average molecular weight is 332 g/mol.